The number of carbonyl (C=O) groups excluding carboxylic acids is 1. The Morgan fingerprint density at radius 2 is 2.03 bits per heavy atom. The number of nitrogens with zero attached hydrogens (tertiary/aromatic N) is 2. The Labute approximate surface area is 180 Å². The van der Waals surface area contributed by atoms with E-state index >= 15 is 0 Å². The summed E-state index contributed by atoms with van der Waals surface area (Å²) in [6.45, 7) is 9.25. The highest BCUT2D eigenvalue weighted by atomic mass is 16.5. The fourth-order valence-corrected chi connectivity index (χ4v) is 7.41. The topological polar surface area (TPSA) is 42.4 Å². The van der Waals surface area contributed by atoms with Crippen LogP contribution in [0.2, 0.25) is 0 Å². The molecule has 160 valence electrons. The maximum absolute atomic E-state index is 12.2. The zero-order chi connectivity index (χ0) is 21.1. The molecule has 5 rings (SSSR count). The first-order chi connectivity index (χ1) is 14.4. The Hall–Kier alpha value is -2.10. The molecule has 0 aromatic carbocycles. The molecule has 0 amide bonds. The molecule has 1 aromatic heterocycles. The zero-order valence-electron chi connectivity index (χ0n) is 18.8. The minimum absolute atomic E-state index is 0.147. The highest BCUT2D eigenvalue weighted by molar-refractivity contribution is 5.91. The van der Waals surface area contributed by atoms with Gasteiger partial charge in [0.2, 0.25) is 0 Å². The Balaban J connectivity index is 1.50. The lowest BCUT2D eigenvalue weighted by Crippen LogP contribution is -2.57. The number of rotatable bonds is 3. The molecule has 2 fully saturated rings. The van der Waals surface area contributed by atoms with E-state index < -0.39 is 0 Å². The molecule has 0 bridgehead atoms. The summed E-state index contributed by atoms with van der Waals surface area (Å²) < 4.78 is 5.45. The number of aromatic nitrogens is 1. The van der Waals surface area contributed by atoms with Gasteiger partial charge in [-0.05, 0) is 73.0 Å². The van der Waals surface area contributed by atoms with E-state index in [4.69, 9.17) is 4.74 Å². The average Bonchev–Trinajstić information content (AvgIpc) is 3.11. The van der Waals surface area contributed by atoms with Gasteiger partial charge in [0.25, 0.3) is 0 Å². The summed E-state index contributed by atoms with van der Waals surface area (Å²) in [6.07, 6.45) is 13.6. The Bertz CT molecular complexity index is 935. The first kappa shape index (κ1) is 19.8. The van der Waals surface area contributed by atoms with Gasteiger partial charge in [0.1, 0.15) is 5.75 Å². The van der Waals surface area contributed by atoms with Crippen molar-refractivity contribution in [2.45, 2.75) is 52.9 Å². The molecule has 4 heteroatoms. The summed E-state index contributed by atoms with van der Waals surface area (Å²) in [6, 6.07) is 2.15. The summed E-state index contributed by atoms with van der Waals surface area (Å²) >= 11 is 0. The van der Waals surface area contributed by atoms with Crippen molar-refractivity contribution < 1.29 is 9.53 Å². The number of carbonyl (C=O) groups is 1. The number of hydrogen-bond donors (Lipinski definition) is 0. The quantitative estimate of drug-likeness (QED) is 0.699. The van der Waals surface area contributed by atoms with Gasteiger partial charge in [-0.3, -0.25) is 9.78 Å². The van der Waals surface area contributed by atoms with E-state index in [1.807, 2.05) is 12.3 Å². The standard InChI is InChI=1S/C26H34N2O2/c1-5-28-16-20-22-7-6-21(17-12-19(30-4)15-27-14-17)25(22,2)11-9-23(20)26(3)10-8-18(29)13-24(26)28/h6,12-15,20,22-23H,5,7-11,16H2,1-4H3/t20-,22-,23-,25?,26+/m0/s1. The van der Waals surface area contributed by atoms with Crippen molar-refractivity contribution in [1.29, 1.82) is 0 Å². The maximum atomic E-state index is 12.2. The molecule has 5 atom stereocenters. The number of methoxy groups -OCH3 is 1. The second-order valence-electron chi connectivity index (χ2n) is 10.3. The van der Waals surface area contributed by atoms with Crippen LogP contribution in [-0.2, 0) is 4.79 Å². The fourth-order valence-electron chi connectivity index (χ4n) is 7.41. The molecule has 3 aliphatic carbocycles. The summed E-state index contributed by atoms with van der Waals surface area (Å²) in [5, 5.41) is 0. The monoisotopic (exact) mass is 406 g/mol. The van der Waals surface area contributed by atoms with Gasteiger partial charge in [-0.15, -0.1) is 0 Å². The van der Waals surface area contributed by atoms with Gasteiger partial charge in [-0.2, -0.15) is 0 Å². The van der Waals surface area contributed by atoms with Crippen LogP contribution in [0.3, 0.4) is 0 Å². The molecule has 1 unspecified atom stereocenters. The van der Waals surface area contributed by atoms with E-state index in [1.165, 1.54) is 29.7 Å². The highest BCUT2D eigenvalue weighted by Gasteiger charge is 2.58. The molecule has 4 nitrogen and oxygen atoms in total. The minimum atomic E-state index is 0.147. The van der Waals surface area contributed by atoms with Gasteiger partial charge in [0, 0.05) is 42.9 Å². The lowest BCUT2D eigenvalue weighted by Gasteiger charge is -2.60. The average molecular weight is 407 g/mol. The Morgan fingerprint density at radius 1 is 1.20 bits per heavy atom. The molecule has 1 aliphatic heterocycles. The lowest BCUT2D eigenvalue weighted by atomic mass is 9.49. The van der Waals surface area contributed by atoms with E-state index in [0.717, 1.165) is 31.7 Å². The van der Waals surface area contributed by atoms with Crippen LogP contribution in [-0.4, -0.2) is 35.9 Å². The SMILES string of the molecule is CCN1C[C@H]2[C@@H]3CC=C(c4cncc(OC)c4)C3(C)CC[C@@H]2[C@@]2(C)CCC(=O)C=C12. The number of ether oxygens (including phenoxy) is 1. The number of piperidine rings is 1. The summed E-state index contributed by atoms with van der Waals surface area (Å²) in [7, 11) is 1.71. The number of hydrogen-bond acceptors (Lipinski definition) is 4. The lowest BCUT2D eigenvalue weighted by molar-refractivity contribution is -0.118. The Morgan fingerprint density at radius 3 is 2.80 bits per heavy atom. The van der Waals surface area contributed by atoms with Crippen molar-refractivity contribution in [3.05, 3.63) is 41.9 Å². The highest BCUT2D eigenvalue weighted by Crippen LogP contribution is 2.65. The van der Waals surface area contributed by atoms with E-state index in [0.29, 0.717) is 30.0 Å². The molecule has 0 radical (unpaired) electrons. The van der Waals surface area contributed by atoms with Gasteiger partial charge < -0.3 is 9.64 Å². The normalized spacial score (nSPS) is 37.7. The van der Waals surface area contributed by atoms with Crippen LogP contribution in [0.15, 0.2) is 36.3 Å². The molecule has 2 heterocycles. The van der Waals surface area contributed by atoms with Gasteiger partial charge in [0.15, 0.2) is 5.78 Å². The van der Waals surface area contributed by atoms with E-state index in [1.54, 1.807) is 13.3 Å². The second kappa shape index (κ2) is 6.96. The number of ketones is 1. The molecule has 4 aliphatic rings. The third-order valence-corrected chi connectivity index (χ3v) is 9.02. The summed E-state index contributed by atoms with van der Waals surface area (Å²) in [5.41, 5.74) is 4.35. The third-order valence-electron chi connectivity index (χ3n) is 9.02. The van der Waals surface area contributed by atoms with Crippen molar-refractivity contribution in [3.8, 4) is 5.75 Å². The molecular formula is C26H34N2O2. The molecule has 0 spiro atoms. The second-order valence-corrected chi connectivity index (χ2v) is 10.3. The molecule has 1 saturated heterocycles. The first-order valence-electron chi connectivity index (χ1n) is 11.6. The fraction of sp³-hybridized carbons (Fsp3) is 0.615. The van der Waals surface area contributed by atoms with E-state index in [-0.39, 0.29) is 10.8 Å². The largest absolute Gasteiger partial charge is 0.495 e. The van der Waals surface area contributed by atoms with E-state index in [9.17, 15) is 4.79 Å². The third kappa shape index (κ3) is 2.72. The van der Waals surface area contributed by atoms with Gasteiger partial charge in [-0.1, -0.05) is 19.9 Å². The number of pyridine rings is 1. The Kier molecular flexibility index (Phi) is 4.61. The number of fused-ring (bicyclic) bond motifs is 5. The van der Waals surface area contributed by atoms with Crippen molar-refractivity contribution >= 4 is 11.4 Å². The van der Waals surface area contributed by atoms with Crippen molar-refractivity contribution in [2.24, 2.45) is 28.6 Å². The van der Waals surface area contributed by atoms with Crippen molar-refractivity contribution in [2.75, 3.05) is 20.2 Å². The number of likely N-dealkylation sites (tertiary alicyclic amines) is 1. The molecule has 0 N–H and O–H groups in total. The van der Waals surface area contributed by atoms with Crippen LogP contribution in [0.4, 0.5) is 0 Å². The van der Waals surface area contributed by atoms with Crippen LogP contribution in [0.5, 0.6) is 5.75 Å². The first-order valence-corrected chi connectivity index (χ1v) is 11.6. The molecule has 30 heavy (non-hydrogen) atoms. The summed E-state index contributed by atoms with van der Waals surface area (Å²) in [5.74, 6) is 3.15. The maximum Gasteiger partial charge on any atom is 0.157 e. The van der Waals surface area contributed by atoms with Gasteiger partial charge in [0.05, 0.1) is 13.3 Å². The van der Waals surface area contributed by atoms with E-state index in [2.05, 4.69) is 42.8 Å². The predicted molar refractivity (Wildman–Crippen MR) is 119 cm³/mol. The van der Waals surface area contributed by atoms with Crippen molar-refractivity contribution in [3.63, 3.8) is 0 Å². The van der Waals surface area contributed by atoms with Crippen LogP contribution in [0.1, 0.15) is 58.4 Å². The minimum Gasteiger partial charge on any atom is -0.495 e. The zero-order valence-corrected chi connectivity index (χ0v) is 18.8. The smallest absolute Gasteiger partial charge is 0.157 e. The summed E-state index contributed by atoms with van der Waals surface area (Å²) in [4.78, 5) is 19.2. The van der Waals surface area contributed by atoms with Crippen LogP contribution >= 0.6 is 0 Å². The molecule has 1 saturated carbocycles. The predicted octanol–water partition coefficient (Wildman–Crippen LogP) is 5.11. The van der Waals surface area contributed by atoms with Gasteiger partial charge >= 0.3 is 0 Å². The number of allylic oxidation sites excluding steroid dienone is 4. The van der Waals surface area contributed by atoms with Crippen LogP contribution in [0.25, 0.3) is 5.57 Å². The molecular weight excluding hydrogens is 372 g/mol. The van der Waals surface area contributed by atoms with Gasteiger partial charge in [-0.25, -0.2) is 0 Å². The van der Waals surface area contributed by atoms with Crippen LogP contribution in [0, 0.1) is 28.6 Å². The van der Waals surface area contributed by atoms with Crippen LogP contribution < -0.4 is 4.74 Å². The van der Waals surface area contributed by atoms with Crippen molar-refractivity contribution in [1.82, 2.24) is 9.88 Å². The molecule has 1 aromatic rings.